The van der Waals surface area contributed by atoms with Gasteiger partial charge in [-0.25, -0.2) is 13.6 Å². The predicted molar refractivity (Wildman–Crippen MR) is 127 cm³/mol. The van der Waals surface area contributed by atoms with Crippen molar-refractivity contribution in [1.29, 1.82) is 0 Å². The van der Waals surface area contributed by atoms with Gasteiger partial charge in [-0.05, 0) is 71.8 Å². The molecule has 0 aliphatic carbocycles. The van der Waals surface area contributed by atoms with E-state index in [-0.39, 0.29) is 5.56 Å². The molecular weight excluding hydrogens is 422 g/mol. The number of carbonyl (C=O) groups is 1. The molecule has 174 valence electrons. The molecule has 0 aromatic heterocycles. The Morgan fingerprint density at radius 2 is 1.39 bits per heavy atom. The van der Waals surface area contributed by atoms with Gasteiger partial charge in [-0.3, -0.25) is 0 Å². The Morgan fingerprint density at radius 1 is 0.788 bits per heavy atom. The second kappa shape index (κ2) is 11.6. The zero-order valence-corrected chi connectivity index (χ0v) is 19.3. The average Bonchev–Trinajstić information content (AvgIpc) is 2.80. The van der Waals surface area contributed by atoms with E-state index in [1.807, 2.05) is 36.4 Å². The minimum Gasteiger partial charge on any atom is -0.493 e. The van der Waals surface area contributed by atoms with E-state index in [0.29, 0.717) is 18.3 Å². The van der Waals surface area contributed by atoms with Gasteiger partial charge in [0.2, 0.25) is 0 Å². The average molecular weight is 453 g/mol. The molecule has 0 radical (unpaired) electrons. The molecule has 0 saturated carbocycles. The van der Waals surface area contributed by atoms with Gasteiger partial charge in [0.15, 0.2) is 11.6 Å². The van der Waals surface area contributed by atoms with Crippen LogP contribution < -0.4 is 9.47 Å². The first-order valence-corrected chi connectivity index (χ1v) is 11.3. The van der Waals surface area contributed by atoms with E-state index in [4.69, 9.17) is 9.47 Å². The molecule has 0 saturated heterocycles. The largest absolute Gasteiger partial charge is 0.493 e. The van der Waals surface area contributed by atoms with Crippen LogP contribution in [-0.4, -0.2) is 12.6 Å². The monoisotopic (exact) mass is 452 g/mol. The minimum absolute atomic E-state index is 0.0530. The number of benzene rings is 3. The molecule has 3 nitrogen and oxygen atoms in total. The standard InChI is InChI=1S/C28H30F2O3/c1-19(2)5-4-6-20(3)18-32-24-12-7-21(8-13-24)22-9-14-25(15-10-22)33-28(31)23-11-16-26(29)27(30)17-23/h7-17,19-20H,4-6,18H2,1-3H3. The van der Waals surface area contributed by atoms with Gasteiger partial charge >= 0.3 is 5.97 Å². The first-order chi connectivity index (χ1) is 15.8. The number of ether oxygens (including phenoxy) is 2. The van der Waals surface area contributed by atoms with Crippen molar-refractivity contribution < 1.29 is 23.0 Å². The SMILES string of the molecule is CC(C)CCCC(C)COc1ccc(-c2ccc(OC(=O)c3ccc(F)c(F)c3)cc2)cc1. The number of halogens is 2. The minimum atomic E-state index is -1.09. The molecule has 0 aliphatic heterocycles. The summed E-state index contributed by atoms with van der Waals surface area (Å²) in [5, 5.41) is 0. The summed E-state index contributed by atoms with van der Waals surface area (Å²) in [6.45, 7) is 7.42. The maximum Gasteiger partial charge on any atom is 0.343 e. The van der Waals surface area contributed by atoms with Gasteiger partial charge < -0.3 is 9.47 Å². The lowest BCUT2D eigenvalue weighted by Gasteiger charge is -2.14. The number of rotatable bonds is 10. The van der Waals surface area contributed by atoms with Crippen LogP contribution in [0.4, 0.5) is 8.78 Å². The van der Waals surface area contributed by atoms with E-state index < -0.39 is 17.6 Å². The summed E-state index contributed by atoms with van der Waals surface area (Å²) in [6, 6.07) is 17.8. The first kappa shape index (κ1) is 24.4. The lowest BCUT2D eigenvalue weighted by molar-refractivity contribution is 0.0734. The molecular formula is C28H30F2O3. The van der Waals surface area contributed by atoms with Crippen LogP contribution in [0.1, 0.15) is 50.4 Å². The number of carbonyl (C=O) groups excluding carboxylic acids is 1. The van der Waals surface area contributed by atoms with E-state index in [1.54, 1.807) is 12.1 Å². The van der Waals surface area contributed by atoms with Crippen molar-refractivity contribution in [1.82, 2.24) is 0 Å². The molecule has 1 unspecified atom stereocenters. The van der Waals surface area contributed by atoms with Crippen molar-refractivity contribution in [3.63, 3.8) is 0 Å². The van der Waals surface area contributed by atoms with Gasteiger partial charge in [0.25, 0.3) is 0 Å². The third-order valence-electron chi connectivity index (χ3n) is 5.42. The van der Waals surface area contributed by atoms with Crippen LogP contribution in [0.25, 0.3) is 11.1 Å². The highest BCUT2D eigenvalue weighted by Gasteiger charge is 2.12. The first-order valence-electron chi connectivity index (χ1n) is 11.3. The molecule has 0 spiro atoms. The van der Waals surface area contributed by atoms with Gasteiger partial charge in [-0.1, -0.05) is 57.9 Å². The molecule has 0 N–H and O–H groups in total. The summed E-state index contributed by atoms with van der Waals surface area (Å²) in [5.74, 6) is -0.430. The predicted octanol–water partition coefficient (Wildman–Crippen LogP) is 7.69. The van der Waals surface area contributed by atoms with Crippen LogP contribution in [0.3, 0.4) is 0 Å². The maximum atomic E-state index is 13.3. The smallest absolute Gasteiger partial charge is 0.343 e. The lowest BCUT2D eigenvalue weighted by Crippen LogP contribution is -2.09. The Kier molecular flexibility index (Phi) is 8.58. The molecule has 0 bridgehead atoms. The quantitative estimate of drug-likeness (QED) is 0.234. The van der Waals surface area contributed by atoms with E-state index >= 15 is 0 Å². The zero-order chi connectivity index (χ0) is 23.8. The van der Waals surface area contributed by atoms with Crippen molar-refractivity contribution in [2.24, 2.45) is 11.8 Å². The summed E-state index contributed by atoms with van der Waals surface area (Å²) in [4.78, 5) is 12.1. The third-order valence-corrected chi connectivity index (χ3v) is 5.42. The van der Waals surface area contributed by atoms with Gasteiger partial charge in [-0.2, -0.15) is 0 Å². The molecule has 0 amide bonds. The molecule has 33 heavy (non-hydrogen) atoms. The van der Waals surface area contributed by atoms with Crippen LogP contribution in [-0.2, 0) is 0 Å². The second-order valence-electron chi connectivity index (χ2n) is 8.81. The van der Waals surface area contributed by atoms with E-state index in [9.17, 15) is 13.6 Å². The maximum absolute atomic E-state index is 13.3. The van der Waals surface area contributed by atoms with Crippen LogP contribution in [0.5, 0.6) is 11.5 Å². The molecule has 3 aromatic rings. The van der Waals surface area contributed by atoms with Crippen molar-refractivity contribution in [2.75, 3.05) is 6.61 Å². The molecule has 0 aliphatic rings. The molecule has 3 rings (SSSR count). The fourth-order valence-electron chi connectivity index (χ4n) is 3.44. The fraction of sp³-hybridized carbons (Fsp3) is 0.321. The highest BCUT2D eigenvalue weighted by Crippen LogP contribution is 2.25. The fourth-order valence-corrected chi connectivity index (χ4v) is 3.44. The zero-order valence-electron chi connectivity index (χ0n) is 19.3. The third kappa shape index (κ3) is 7.41. The molecule has 3 aromatic carbocycles. The normalized spacial score (nSPS) is 11.9. The summed E-state index contributed by atoms with van der Waals surface area (Å²) in [7, 11) is 0. The molecule has 5 heteroatoms. The van der Waals surface area contributed by atoms with E-state index in [0.717, 1.165) is 34.9 Å². The van der Waals surface area contributed by atoms with Crippen molar-refractivity contribution in [2.45, 2.75) is 40.0 Å². The molecule has 0 heterocycles. The second-order valence-corrected chi connectivity index (χ2v) is 8.81. The van der Waals surface area contributed by atoms with Crippen molar-refractivity contribution >= 4 is 5.97 Å². The van der Waals surface area contributed by atoms with E-state index in [1.165, 1.54) is 25.3 Å². The Labute approximate surface area is 194 Å². The van der Waals surface area contributed by atoms with Crippen LogP contribution in [0.2, 0.25) is 0 Å². The Morgan fingerprint density at radius 3 is 1.97 bits per heavy atom. The Bertz CT molecular complexity index is 1040. The summed E-state index contributed by atoms with van der Waals surface area (Å²) in [6.07, 6.45) is 3.65. The van der Waals surface area contributed by atoms with Gasteiger partial charge in [0.1, 0.15) is 11.5 Å². The topological polar surface area (TPSA) is 35.5 Å². The van der Waals surface area contributed by atoms with Crippen LogP contribution in [0.15, 0.2) is 66.7 Å². The van der Waals surface area contributed by atoms with Gasteiger partial charge in [0.05, 0.1) is 12.2 Å². The number of esters is 1. The van der Waals surface area contributed by atoms with Crippen molar-refractivity contribution in [3.8, 4) is 22.6 Å². The number of hydrogen-bond donors (Lipinski definition) is 0. The van der Waals surface area contributed by atoms with E-state index in [2.05, 4.69) is 20.8 Å². The Hall–Kier alpha value is -3.21. The van der Waals surface area contributed by atoms with Gasteiger partial charge in [0, 0.05) is 0 Å². The highest BCUT2D eigenvalue weighted by molar-refractivity contribution is 5.91. The summed E-state index contributed by atoms with van der Waals surface area (Å²) >= 11 is 0. The van der Waals surface area contributed by atoms with Crippen molar-refractivity contribution in [3.05, 3.63) is 83.9 Å². The summed E-state index contributed by atoms with van der Waals surface area (Å²) in [5.41, 5.74) is 1.91. The molecule has 0 fully saturated rings. The molecule has 1 atom stereocenters. The lowest BCUT2D eigenvalue weighted by atomic mass is 10.0. The van der Waals surface area contributed by atoms with Crippen LogP contribution in [0, 0.1) is 23.5 Å². The van der Waals surface area contributed by atoms with Gasteiger partial charge in [-0.15, -0.1) is 0 Å². The Balaban J connectivity index is 1.53. The number of hydrogen-bond acceptors (Lipinski definition) is 3. The van der Waals surface area contributed by atoms with Crippen LogP contribution >= 0.6 is 0 Å². The summed E-state index contributed by atoms with van der Waals surface area (Å²) < 4.78 is 37.5. The highest BCUT2D eigenvalue weighted by atomic mass is 19.2.